The smallest absolute Gasteiger partial charge is 0.272 e. The molecule has 0 unspecified atom stereocenters. The third-order valence-electron chi connectivity index (χ3n) is 5.77. The maximum atomic E-state index is 13.8. The highest BCUT2D eigenvalue weighted by molar-refractivity contribution is 5.91. The fraction of sp³-hybridized carbons (Fsp3) is 0.440. The van der Waals surface area contributed by atoms with E-state index in [1.54, 1.807) is 30.3 Å². The van der Waals surface area contributed by atoms with Crippen molar-refractivity contribution in [1.82, 2.24) is 5.32 Å². The van der Waals surface area contributed by atoms with Crippen LogP contribution in [0.4, 0.5) is 20.2 Å². The summed E-state index contributed by atoms with van der Waals surface area (Å²) in [5, 5.41) is 5.99. The van der Waals surface area contributed by atoms with Crippen LogP contribution in [-0.2, 0) is 22.1 Å². The molecule has 0 aliphatic heterocycles. The summed E-state index contributed by atoms with van der Waals surface area (Å²) in [4.78, 5) is 24.7. The van der Waals surface area contributed by atoms with E-state index in [1.165, 1.54) is 6.07 Å². The van der Waals surface area contributed by atoms with Gasteiger partial charge in [-0.25, -0.2) is 8.78 Å². The van der Waals surface area contributed by atoms with Crippen molar-refractivity contribution >= 4 is 23.1 Å². The maximum absolute atomic E-state index is 13.8. The molecular formula is C25H30F2N2O2. The zero-order chi connectivity index (χ0) is 22.5. The molecule has 1 amide bonds. The molecule has 0 heterocycles. The number of ketones is 1. The average Bonchev–Trinajstić information content (AvgIpc) is 3.51. The molecule has 0 spiro atoms. The van der Waals surface area contributed by atoms with Crippen molar-refractivity contribution in [1.29, 1.82) is 0 Å². The van der Waals surface area contributed by atoms with Gasteiger partial charge in [0.25, 0.3) is 5.92 Å². The molecule has 2 aromatic rings. The number of para-hydroxylation sites is 1. The Morgan fingerprint density at radius 1 is 1.06 bits per heavy atom. The fourth-order valence-electron chi connectivity index (χ4n) is 3.68. The van der Waals surface area contributed by atoms with E-state index in [1.807, 2.05) is 19.1 Å². The summed E-state index contributed by atoms with van der Waals surface area (Å²) in [6.45, 7) is 3.29. The Hall–Kier alpha value is -2.76. The Labute approximate surface area is 182 Å². The van der Waals surface area contributed by atoms with Crippen LogP contribution in [0.1, 0.15) is 63.5 Å². The van der Waals surface area contributed by atoms with Gasteiger partial charge in [0.1, 0.15) is 5.78 Å². The van der Waals surface area contributed by atoms with E-state index >= 15 is 0 Å². The molecule has 4 nitrogen and oxygen atoms in total. The lowest BCUT2D eigenvalue weighted by atomic mass is 9.96. The van der Waals surface area contributed by atoms with Gasteiger partial charge >= 0.3 is 0 Å². The molecule has 1 aliphatic carbocycles. The first kappa shape index (κ1) is 22.9. The lowest BCUT2D eigenvalue weighted by Crippen LogP contribution is -2.33. The van der Waals surface area contributed by atoms with Gasteiger partial charge in [-0.2, -0.15) is 0 Å². The van der Waals surface area contributed by atoms with Crippen molar-refractivity contribution in [2.75, 3.05) is 5.32 Å². The number of Topliss-reactive ketones (excluding diaryl/α,β-unsaturated/α-hetero) is 1. The Balaban J connectivity index is 1.55. The molecule has 0 bridgehead atoms. The summed E-state index contributed by atoms with van der Waals surface area (Å²) >= 11 is 0. The van der Waals surface area contributed by atoms with Crippen LogP contribution in [0.15, 0.2) is 48.5 Å². The second-order valence-corrected chi connectivity index (χ2v) is 8.54. The van der Waals surface area contributed by atoms with Gasteiger partial charge in [-0.15, -0.1) is 0 Å². The van der Waals surface area contributed by atoms with Gasteiger partial charge in [0, 0.05) is 43.2 Å². The number of carbonyl (C=O) groups is 2. The molecule has 2 N–H and O–H groups in total. The van der Waals surface area contributed by atoms with Gasteiger partial charge < -0.3 is 10.6 Å². The zero-order valence-corrected chi connectivity index (χ0v) is 18.1. The molecule has 0 saturated heterocycles. The number of hydrogen-bond donors (Lipinski definition) is 2. The van der Waals surface area contributed by atoms with Gasteiger partial charge in [0.15, 0.2) is 0 Å². The number of carbonyl (C=O) groups excluding carboxylic acids is 2. The first-order valence-corrected chi connectivity index (χ1v) is 10.9. The van der Waals surface area contributed by atoms with Crippen molar-refractivity contribution in [2.45, 2.75) is 64.8 Å². The number of amides is 1. The molecule has 0 aromatic heterocycles. The predicted molar refractivity (Wildman–Crippen MR) is 118 cm³/mol. The molecule has 6 heteroatoms. The van der Waals surface area contributed by atoms with E-state index in [0.29, 0.717) is 30.8 Å². The van der Waals surface area contributed by atoms with Crippen LogP contribution in [0.3, 0.4) is 0 Å². The zero-order valence-electron chi connectivity index (χ0n) is 18.1. The van der Waals surface area contributed by atoms with Crippen LogP contribution >= 0.6 is 0 Å². The molecule has 2 aromatic carbocycles. The van der Waals surface area contributed by atoms with Gasteiger partial charge in [-0.1, -0.05) is 43.7 Å². The monoisotopic (exact) mass is 428 g/mol. The Bertz CT molecular complexity index is 916. The quantitative estimate of drug-likeness (QED) is 0.455. The largest absolute Gasteiger partial charge is 0.355 e. The van der Waals surface area contributed by atoms with E-state index in [0.717, 1.165) is 38.2 Å². The standard InChI is InChI=1S/C25H30F2N2O2/c1-3-4-7-20(30)16-25(14-15-25)23(31)28-17-18-10-12-19(13-11-18)29-22-9-6-5-8-21(22)24(2,26)27/h5-6,8-13,29H,3-4,7,14-17H2,1-2H3,(H,28,31). The highest BCUT2D eigenvalue weighted by Gasteiger charge is 2.50. The van der Waals surface area contributed by atoms with Gasteiger partial charge in [0.05, 0.1) is 5.41 Å². The fourth-order valence-corrected chi connectivity index (χ4v) is 3.68. The van der Waals surface area contributed by atoms with Gasteiger partial charge in [-0.05, 0) is 43.0 Å². The summed E-state index contributed by atoms with van der Waals surface area (Å²) in [6, 6.07) is 13.6. The summed E-state index contributed by atoms with van der Waals surface area (Å²) in [5.74, 6) is -2.83. The SMILES string of the molecule is CCCCC(=O)CC1(C(=O)NCc2ccc(Nc3ccccc3C(C)(F)F)cc2)CC1. The number of unbranched alkanes of at least 4 members (excludes halogenated alkanes) is 1. The van der Waals surface area contributed by atoms with Gasteiger partial charge in [0.2, 0.25) is 5.91 Å². The Kier molecular flexibility index (Phi) is 7.08. The third kappa shape index (κ3) is 6.12. The van der Waals surface area contributed by atoms with E-state index in [2.05, 4.69) is 10.6 Å². The second-order valence-electron chi connectivity index (χ2n) is 8.54. The highest BCUT2D eigenvalue weighted by atomic mass is 19.3. The highest BCUT2D eigenvalue weighted by Crippen LogP contribution is 2.49. The topological polar surface area (TPSA) is 58.2 Å². The molecule has 166 valence electrons. The van der Waals surface area contributed by atoms with Crippen molar-refractivity contribution in [3.63, 3.8) is 0 Å². The molecule has 0 radical (unpaired) electrons. The normalized spacial score (nSPS) is 14.7. The van der Waals surface area contributed by atoms with Crippen molar-refractivity contribution < 1.29 is 18.4 Å². The van der Waals surface area contributed by atoms with Crippen molar-refractivity contribution in [3.05, 3.63) is 59.7 Å². The van der Waals surface area contributed by atoms with E-state index in [9.17, 15) is 18.4 Å². The molecule has 31 heavy (non-hydrogen) atoms. The molecule has 1 aliphatic rings. The van der Waals surface area contributed by atoms with Crippen LogP contribution in [0.2, 0.25) is 0 Å². The molecular weight excluding hydrogens is 398 g/mol. The number of benzene rings is 2. The Morgan fingerprint density at radius 2 is 1.74 bits per heavy atom. The molecule has 3 rings (SSSR count). The van der Waals surface area contributed by atoms with Crippen LogP contribution in [0.5, 0.6) is 0 Å². The lowest BCUT2D eigenvalue weighted by Gasteiger charge is -2.17. The average molecular weight is 429 g/mol. The summed E-state index contributed by atoms with van der Waals surface area (Å²) in [7, 11) is 0. The van der Waals surface area contributed by atoms with Crippen molar-refractivity contribution in [2.24, 2.45) is 5.41 Å². The predicted octanol–water partition coefficient (Wildman–Crippen LogP) is 6.09. The van der Waals surface area contributed by atoms with Crippen LogP contribution in [0.25, 0.3) is 0 Å². The first-order valence-electron chi connectivity index (χ1n) is 10.9. The van der Waals surface area contributed by atoms with Crippen LogP contribution in [-0.4, -0.2) is 11.7 Å². The van der Waals surface area contributed by atoms with Crippen LogP contribution in [0, 0.1) is 5.41 Å². The minimum Gasteiger partial charge on any atom is -0.355 e. The number of anilines is 2. The number of nitrogens with one attached hydrogen (secondary N) is 2. The number of halogens is 2. The minimum atomic E-state index is -2.94. The third-order valence-corrected chi connectivity index (χ3v) is 5.77. The number of hydrogen-bond acceptors (Lipinski definition) is 3. The second kappa shape index (κ2) is 9.58. The van der Waals surface area contributed by atoms with Gasteiger partial charge in [-0.3, -0.25) is 9.59 Å². The van der Waals surface area contributed by atoms with E-state index in [-0.39, 0.29) is 17.3 Å². The van der Waals surface area contributed by atoms with Crippen LogP contribution < -0.4 is 10.6 Å². The molecule has 0 atom stereocenters. The summed E-state index contributed by atoms with van der Waals surface area (Å²) in [6.07, 6.45) is 4.26. The molecule has 1 fully saturated rings. The molecule has 1 saturated carbocycles. The number of rotatable bonds is 11. The minimum absolute atomic E-state index is 0.0568. The van der Waals surface area contributed by atoms with Crippen molar-refractivity contribution in [3.8, 4) is 0 Å². The maximum Gasteiger partial charge on any atom is 0.272 e. The van der Waals surface area contributed by atoms with E-state index < -0.39 is 11.3 Å². The first-order chi connectivity index (χ1) is 14.7. The number of alkyl halides is 2. The van der Waals surface area contributed by atoms with E-state index in [4.69, 9.17) is 0 Å². The lowest BCUT2D eigenvalue weighted by molar-refractivity contribution is -0.131. The summed E-state index contributed by atoms with van der Waals surface area (Å²) in [5.41, 5.74) is 1.38. The Morgan fingerprint density at radius 3 is 2.35 bits per heavy atom. The summed E-state index contributed by atoms with van der Waals surface area (Å²) < 4.78 is 27.6.